The van der Waals surface area contributed by atoms with Crippen LogP contribution in [0.25, 0.3) is 0 Å². The predicted octanol–water partition coefficient (Wildman–Crippen LogP) is 0.767. The molecule has 0 fully saturated rings. The Hall–Kier alpha value is -0.870. The van der Waals surface area contributed by atoms with Crippen LogP contribution in [0.15, 0.2) is 6.07 Å². The molecular weight excluding hydrogens is 176 g/mol. The number of nitrogens with one attached hydrogen (secondary N) is 1. The van der Waals surface area contributed by atoms with E-state index in [9.17, 15) is 0 Å². The molecule has 4 nitrogen and oxygen atoms in total. The molecule has 0 aliphatic rings. The average molecular weight is 196 g/mol. The van der Waals surface area contributed by atoms with Crippen LogP contribution in [-0.2, 0) is 19.9 Å². The van der Waals surface area contributed by atoms with Crippen molar-refractivity contribution in [1.29, 1.82) is 0 Å². The van der Waals surface area contributed by atoms with Crippen LogP contribution in [0.2, 0.25) is 0 Å². The van der Waals surface area contributed by atoms with Crippen molar-refractivity contribution < 1.29 is 0 Å². The van der Waals surface area contributed by atoms with Gasteiger partial charge in [0.15, 0.2) is 0 Å². The van der Waals surface area contributed by atoms with Gasteiger partial charge in [0.25, 0.3) is 0 Å². The Bertz CT molecular complexity index is 276. The third-order valence-electron chi connectivity index (χ3n) is 2.57. The van der Waals surface area contributed by atoms with Gasteiger partial charge in [0.2, 0.25) is 0 Å². The van der Waals surface area contributed by atoms with Crippen LogP contribution in [0.4, 0.5) is 0 Å². The maximum Gasteiger partial charge on any atom is 0.0624 e. The molecule has 0 saturated heterocycles. The summed E-state index contributed by atoms with van der Waals surface area (Å²) in [6.07, 6.45) is 2.96. The van der Waals surface area contributed by atoms with Crippen LogP contribution in [0.3, 0.4) is 0 Å². The van der Waals surface area contributed by atoms with E-state index >= 15 is 0 Å². The summed E-state index contributed by atoms with van der Waals surface area (Å²) in [7, 11) is 1.98. The molecule has 3 N–H and O–H groups in total. The van der Waals surface area contributed by atoms with E-state index in [4.69, 9.17) is 5.84 Å². The van der Waals surface area contributed by atoms with Crippen molar-refractivity contribution in [3.8, 4) is 0 Å². The van der Waals surface area contributed by atoms with E-state index in [0.717, 1.165) is 25.0 Å². The number of nitrogens with two attached hydrogens (primary N) is 1. The number of rotatable bonds is 5. The largest absolute Gasteiger partial charge is 0.272 e. The van der Waals surface area contributed by atoms with Crippen LogP contribution in [0.1, 0.15) is 31.7 Å². The van der Waals surface area contributed by atoms with Crippen LogP contribution in [0, 0.1) is 0 Å². The Kier molecular flexibility index (Phi) is 4.10. The van der Waals surface area contributed by atoms with E-state index in [-0.39, 0.29) is 0 Å². The van der Waals surface area contributed by atoms with Gasteiger partial charge in [0.1, 0.15) is 0 Å². The first-order valence-corrected chi connectivity index (χ1v) is 5.19. The Labute approximate surface area is 85.5 Å². The van der Waals surface area contributed by atoms with Gasteiger partial charge in [0.05, 0.1) is 5.69 Å². The van der Waals surface area contributed by atoms with E-state index < -0.39 is 0 Å². The molecule has 80 valence electrons. The van der Waals surface area contributed by atoms with Crippen LogP contribution in [-0.4, -0.2) is 15.8 Å². The summed E-state index contributed by atoms with van der Waals surface area (Å²) in [5, 5.41) is 4.40. The maximum atomic E-state index is 5.44. The summed E-state index contributed by atoms with van der Waals surface area (Å²) in [5.41, 5.74) is 5.20. The SMILES string of the molecule is CCc1cc(CC(CC)NN)n(C)n1. The molecule has 1 rings (SSSR count). The molecular formula is C10H20N4. The van der Waals surface area contributed by atoms with Crippen LogP contribution < -0.4 is 11.3 Å². The Morgan fingerprint density at radius 3 is 2.71 bits per heavy atom. The molecule has 0 spiro atoms. The molecule has 4 heteroatoms. The van der Waals surface area contributed by atoms with Crippen LogP contribution >= 0.6 is 0 Å². The summed E-state index contributed by atoms with van der Waals surface area (Å²) in [5.74, 6) is 5.44. The first kappa shape index (κ1) is 11.2. The quantitative estimate of drug-likeness (QED) is 0.540. The molecule has 14 heavy (non-hydrogen) atoms. The Morgan fingerprint density at radius 2 is 2.29 bits per heavy atom. The van der Waals surface area contributed by atoms with E-state index in [1.54, 1.807) is 0 Å². The lowest BCUT2D eigenvalue weighted by Gasteiger charge is -2.12. The summed E-state index contributed by atoms with van der Waals surface area (Å²) >= 11 is 0. The number of hydrogen-bond acceptors (Lipinski definition) is 3. The van der Waals surface area contributed by atoms with Crippen molar-refractivity contribution in [1.82, 2.24) is 15.2 Å². The molecule has 0 saturated carbocycles. The van der Waals surface area contributed by atoms with Gasteiger partial charge in [-0.05, 0) is 18.9 Å². The highest BCUT2D eigenvalue weighted by atomic mass is 15.3. The minimum absolute atomic E-state index is 0.343. The van der Waals surface area contributed by atoms with Gasteiger partial charge in [-0.15, -0.1) is 0 Å². The summed E-state index contributed by atoms with van der Waals surface area (Å²) in [6.45, 7) is 4.24. The maximum absolute atomic E-state index is 5.44. The summed E-state index contributed by atoms with van der Waals surface area (Å²) in [4.78, 5) is 0. The molecule has 0 radical (unpaired) electrons. The topological polar surface area (TPSA) is 55.9 Å². The molecule has 1 atom stereocenters. The minimum Gasteiger partial charge on any atom is -0.272 e. The highest BCUT2D eigenvalue weighted by Crippen LogP contribution is 2.07. The fourth-order valence-corrected chi connectivity index (χ4v) is 1.51. The zero-order valence-corrected chi connectivity index (χ0v) is 9.25. The highest BCUT2D eigenvalue weighted by Gasteiger charge is 2.09. The molecule has 0 aromatic carbocycles. The molecule has 1 aromatic heterocycles. The normalized spacial score (nSPS) is 13.1. The lowest BCUT2D eigenvalue weighted by atomic mass is 10.1. The third-order valence-corrected chi connectivity index (χ3v) is 2.57. The number of aromatic nitrogens is 2. The molecule has 0 aliphatic heterocycles. The number of hydrogen-bond donors (Lipinski definition) is 2. The highest BCUT2D eigenvalue weighted by molar-refractivity contribution is 5.11. The van der Waals surface area contributed by atoms with Gasteiger partial charge in [-0.3, -0.25) is 16.0 Å². The number of nitrogens with zero attached hydrogens (tertiary/aromatic N) is 2. The Balaban J connectivity index is 2.69. The molecule has 1 heterocycles. The lowest BCUT2D eigenvalue weighted by Crippen LogP contribution is -2.36. The first-order chi connectivity index (χ1) is 6.71. The molecule has 0 bridgehead atoms. The molecule has 0 aliphatic carbocycles. The average Bonchev–Trinajstić information content (AvgIpc) is 2.56. The summed E-state index contributed by atoms with van der Waals surface area (Å²) in [6, 6.07) is 2.50. The number of hydrazine groups is 1. The molecule has 1 unspecified atom stereocenters. The van der Waals surface area contributed by atoms with Crippen molar-refractivity contribution in [2.45, 2.75) is 39.2 Å². The smallest absolute Gasteiger partial charge is 0.0624 e. The van der Waals surface area contributed by atoms with Crippen molar-refractivity contribution in [3.63, 3.8) is 0 Å². The van der Waals surface area contributed by atoms with Crippen LogP contribution in [0.5, 0.6) is 0 Å². The fraction of sp³-hybridized carbons (Fsp3) is 0.700. The third kappa shape index (κ3) is 2.56. The van der Waals surface area contributed by atoms with Gasteiger partial charge in [-0.2, -0.15) is 5.10 Å². The zero-order valence-electron chi connectivity index (χ0n) is 9.25. The molecule has 0 amide bonds. The summed E-state index contributed by atoms with van der Waals surface area (Å²) < 4.78 is 1.94. The van der Waals surface area contributed by atoms with E-state index in [2.05, 4.69) is 30.4 Å². The molecule has 1 aromatic rings. The van der Waals surface area contributed by atoms with E-state index in [0.29, 0.717) is 6.04 Å². The van der Waals surface area contributed by atoms with Crippen molar-refractivity contribution in [2.24, 2.45) is 12.9 Å². The lowest BCUT2D eigenvalue weighted by molar-refractivity contribution is 0.495. The van der Waals surface area contributed by atoms with Gasteiger partial charge in [-0.1, -0.05) is 13.8 Å². The van der Waals surface area contributed by atoms with Crippen molar-refractivity contribution >= 4 is 0 Å². The minimum atomic E-state index is 0.343. The van der Waals surface area contributed by atoms with Gasteiger partial charge in [0, 0.05) is 25.2 Å². The van der Waals surface area contributed by atoms with Gasteiger partial charge >= 0.3 is 0 Å². The predicted molar refractivity (Wildman–Crippen MR) is 57.7 cm³/mol. The Morgan fingerprint density at radius 1 is 1.57 bits per heavy atom. The first-order valence-electron chi connectivity index (χ1n) is 5.19. The van der Waals surface area contributed by atoms with Crippen molar-refractivity contribution in [2.75, 3.05) is 0 Å². The van der Waals surface area contributed by atoms with E-state index in [1.165, 1.54) is 5.69 Å². The second kappa shape index (κ2) is 5.12. The number of aryl methyl sites for hydroxylation is 2. The van der Waals surface area contributed by atoms with Gasteiger partial charge in [-0.25, -0.2) is 0 Å². The standard InChI is InChI=1S/C10H20N4/c1-4-8(12-11)6-10-7-9(5-2)13-14(10)3/h7-8,12H,4-6,11H2,1-3H3. The second-order valence-electron chi connectivity index (χ2n) is 3.58. The van der Waals surface area contributed by atoms with E-state index in [1.807, 2.05) is 11.7 Å². The second-order valence-corrected chi connectivity index (χ2v) is 3.58. The van der Waals surface area contributed by atoms with Gasteiger partial charge < -0.3 is 0 Å². The monoisotopic (exact) mass is 196 g/mol. The van der Waals surface area contributed by atoms with Crippen molar-refractivity contribution in [3.05, 3.63) is 17.5 Å². The zero-order chi connectivity index (χ0) is 10.6. The fourth-order valence-electron chi connectivity index (χ4n) is 1.51.